The second kappa shape index (κ2) is 5.22. The average Bonchev–Trinajstić information content (AvgIpc) is 2.63. The standard InChI is InChI=1S/C13H12Br2OS/c1-13(16,8-11-6-7-12(15)17-11)9-2-4-10(14)5-3-9/h2-7,16H,8H2,1H3. The highest BCUT2D eigenvalue weighted by molar-refractivity contribution is 9.11. The van der Waals surface area contributed by atoms with Gasteiger partial charge in [0, 0.05) is 15.8 Å². The van der Waals surface area contributed by atoms with Gasteiger partial charge in [-0.05, 0) is 52.7 Å². The summed E-state index contributed by atoms with van der Waals surface area (Å²) in [6.45, 7) is 1.85. The molecule has 4 heteroatoms. The van der Waals surface area contributed by atoms with E-state index < -0.39 is 5.60 Å². The van der Waals surface area contributed by atoms with Crippen molar-refractivity contribution in [3.63, 3.8) is 0 Å². The lowest BCUT2D eigenvalue weighted by molar-refractivity contribution is 0.0585. The second-order valence-electron chi connectivity index (χ2n) is 4.16. The molecular formula is C13H12Br2OS. The summed E-state index contributed by atoms with van der Waals surface area (Å²) in [6.07, 6.45) is 0.630. The number of rotatable bonds is 3. The Morgan fingerprint density at radius 1 is 1.12 bits per heavy atom. The van der Waals surface area contributed by atoms with E-state index in [9.17, 15) is 5.11 Å². The van der Waals surface area contributed by atoms with Crippen molar-refractivity contribution in [2.45, 2.75) is 18.9 Å². The SMILES string of the molecule is CC(O)(Cc1ccc(Br)s1)c1ccc(Br)cc1. The Morgan fingerprint density at radius 3 is 2.29 bits per heavy atom. The third kappa shape index (κ3) is 3.41. The van der Waals surface area contributed by atoms with Gasteiger partial charge in [0.2, 0.25) is 0 Å². The van der Waals surface area contributed by atoms with Crippen LogP contribution in [0.4, 0.5) is 0 Å². The third-order valence-corrected chi connectivity index (χ3v) is 4.77. The Kier molecular flexibility index (Phi) is 4.08. The summed E-state index contributed by atoms with van der Waals surface area (Å²) in [5.41, 5.74) is 0.107. The van der Waals surface area contributed by atoms with E-state index in [0.717, 1.165) is 13.8 Å². The van der Waals surface area contributed by atoms with E-state index in [2.05, 4.69) is 31.9 Å². The van der Waals surface area contributed by atoms with Crippen LogP contribution in [0.1, 0.15) is 17.4 Å². The van der Waals surface area contributed by atoms with Crippen LogP contribution >= 0.6 is 43.2 Å². The third-order valence-electron chi connectivity index (χ3n) is 2.61. The lowest BCUT2D eigenvalue weighted by Gasteiger charge is -2.23. The molecule has 0 aliphatic carbocycles. The van der Waals surface area contributed by atoms with Crippen molar-refractivity contribution >= 4 is 43.2 Å². The minimum Gasteiger partial charge on any atom is -0.385 e. The number of aliphatic hydroxyl groups is 1. The number of hydrogen-bond acceptors (Lipinski definition) is 2. The minimum absolute atomic E-state index is 0.630. The van der Waals surface area contributed by atoms with Crippen molar-refractivity contribution in [1.29, 1.82) is 0 Å². The Bertz CT molecular complexity index is 502. The summed E-state index contributed by atoms with van der Waals surface area (Å²) >= 11 is 8.49. The van der Waals surface area contributed by atoms with Gasteiger partial charge in [-0.2, -0.15) is 0 Å². The minimum atomic E-state index is -0.828. The molecule has 0 aliphatic heterocycles. The van der Waals surface area contributed by atoms with Gasteiger partial charge < -0.3 is 5.11 Å². The maximum absolute atomic E-state index is 10.5. The van der Waals surface area contributed by atoms with E-state index in [1.54, 1.807) is 11.3 Å². The highest BCUT2D eigenvalue weighted by atomic mass is 79.9. The highest BCUT2D eigenvalue weighted by Crippen LogP contribution is 2.31. The van der Waals surface area contributed by atoms with Crippen LogP contribution < -0.4 is 0 Å². The van der Waals surface area contributed by atoms with Crippen LogP contribution in [0.5, 0.6) is 0 Å². The van der Waals surface area contributed by atoms with Gasteiger partial charge in [0.05, 0.1) is 9.39 Å². The topological polar surface area (TPSA) is 20.2 Å². The molecule has 1 aromatic carbocycles. The zero-order valence-corrected chi connectivity index (χ0v) is 13.3. The summed E-state index contributed by atoms with van der Waals surface area (Å²) in [7, 11) is 0. The summed E-state index contributed by atoms with van der Waals surface area (Å²) in [5.74, 6) is 0. The first kappa shape index (κ1) is 13.3. The molecule has 1 unspecified atom stereocenters. The van der Waals surface area contributed by atoms with Crippen molar-refractivity contribution in [3.8, 4) is 0 Å². The van der Waals surface area contributed by atoms with Gasteiger partial charge in [0.15, 0.2) is 0 Å². The molecule has 0 saturated heterocycles. The number of benzene rings is 1. The maximum Gasteiger partial charge on any atom is 0.0916 e. The molecule has 2 aromatic rings. The van der Waals surface area contributed by atoms with E-state index >= 15 is 0 Å². The van der Waals surface area contributed by atoms with Gasteiger partial charge >= 0.3 is 0 Å². The molecule has 1 heterocycles. The largest absolute Gasteiger partial charge is 0.385 e. The van der Waals surface area contributed by atoms with Crippen LogP contribution in [0.3, 0.4) is 0 Å². The van der Waals surface area contributed by atoms with E-state index in [0.29, 0.717) is 6.42 Å². The molecule has 0 aliphatic rings. The van der Waals surface area contributed by atoms with Crippen molar-refractivity contribution in [3.05, 3.63) is 55.1 Å². The fourth-order valence-electron chi connectivity index (χ4n) is 1.70. The lowest BCUT2D eigenvalue weighted by atomic mass is 9.92. The van der Waals surface area contributed by atoms with Gasteiger partial charge in [0.25, 0.3) is 0 Å². The Labute approximate surface area is 122 Å². The van der Waals surface area contributed by atoms with Crippen molar-refractivity contribution in [1.82, 2.24) is 0 Å². The van der Waals surface area contributed by atoms with Gasteiger partial charge in [-0.1, -0.05) is 28.1 Å². The van der Waals surface area contributed by atoms with Gasteiger partial charge in [-0.15, -0.1) is 11.3 Å². The van der Waals surface area contributed by atoms with Crippen LogP contribution in [0.2, 0.25) is 0 Å². The number of halogens is 2. The monoisotopic (exact) mass is 374 g/mol. The molecule has 0 saturated carbocycles. The zero-order chi connectivity index (χ0) is 12.5. The average molecular weight is 376 g/mol. The summed E-state index contributed by atoms with van der Waals surface area (Å²) in [5, 5.41) is 10.5. The van der Waals surface area contributed by atoms with E-state index in [-0.39, 0.29) is 0 Å². The normalized spacial score (nSPS) is 14.6. The van der Waals surface area contributed by atoms with Gasteiger partial charge in [0.1, 0.15) is 0 Å². The molecule has 2 rings (SSSR count). The molecule has 0 amide bonds. The molecule has 0 bridgehead atoms. The van der Waals surface area contributed by atoms with E-state index in [4.69, 9.17) is 0 Å². The van der Waals surface area contributed by atoms with Crippen molar-refractivity contribution < 1.29 is 5.11 Å². The second-order valence-corrected chi connectivity index (χ2v) is 7.63. The number of hydrogen-bond donors (Lipinski definition) is 1. The maximum atomic E-state index is 10.5. The smallest absolute Gasteiger partial charge is 0.0916 e. The molecule has 1 N–H and O–H groups in total. The molecule has 0 radical (unpaired) electrons. The Balaban J connectivity index is 2.21. The fourth-order valence-corrected chi connectivity index (χ4v) is 3.59. The summed E-state index contributed by atoms with van der Waals surface area (Å²) in [4.78, 5) is 1.17. The first-order valence-electron chi connectivity index (χ1n) is 5.20. The van der Waals surface area contributed by atoms with E-state index in [1.165, 1.54) is 4.88 Å². The lowest BCUT2D eigenvalue weighted by Crippen LogP contribution is -2.23. The molecule has 0 spiro atoms. The van der Waals surface area contributed by atoms with Crippen LogP contribution in [0.15, 0.2) is 44.7 Å². The zero-order valence-electron chi connectivity index (χ0n) is 9.28. The molecular weight excluding hydrogens is 364 g/mol. The molecule has 17 heavy (non-hydrogen) atoms. The first-order valence-corrected chi connectivity index (χ1v) is 7.60. The fraction of sp³-hybridized carbons (Fsp3) is 0.231. The molecule has 0 fully saturated rings. The summed E-state index contributed by atoms with van der Waals surface area (Å²) < 4.78 is 2.12. The predicted octanol–water partition coefficient (Wildman–Crippen LogP) is 4.72. The predicted molar refractivity (Wildman–Crippen MR) is 79.4 cm³/mol. The number of thiophene rings is 1. The molecule has 1 aromatic heterocycles. The van der Waals surface area contributed by atoms with Crippen molar-refractivity contribution in [2.24, 2.45) is 0 Å². The van der Waals surface area contributed by atoms with Crippen LogP contribution in [0, 0.1) is 0 Å². The molecule has 1 nitrogen and oxygen atoms in total. The van der Waals surface area contributed by atoms with Gasteiger partial charge in [-0.3, -0.25) is 0 Å². The highest BCUT2D eigenvalue weighted by Gasteiger charge is 2.24. The Hall–Kier alpha value is -0.160. The van der Waals surface area contributed by atoms with E-state index in [1.807, 2.05) is 43.3 Å². The molecule has 1 atom stereocenters. The van der Waals surface area contributed by atoms with Crippen LogP contribution in [-0.2, 0) is 12.0 Å². The van der Waals surface area contributed by atoms with Gasteiger partial charge in [-0.25, -0.2) is 0 Å². The van der Waals surface area contributed by atoms with Crippen LogP contribution in [0.25, 0.3) is 0 Å². The Morgan fingerprint density at radius 2 is 1.76 bits per heavy atom. The quantitative estimate of drug-likeness (QED) is 0.822. The molecule has 90 valence electrons. The van der Waals surface area contributed by atoms with Crippen molar-refractivity contribution in [2.75, 3.05) is 0 Å². The first-order chi connectivity index (χ1) is 7.97. The van der Waals surface area contributed by atoms with Crippen LogP contribution in [-0.4, -0.2) is 5.11 Å². The summed E-state index contributed by atoms with van der Waals surface area (Å²) in [6, 6.07) is 11.9.